The van der Waals surface area contributed by atoms with E-state index in [1.165, 1.54) is 47.4 Å². The van der Waals surface area contributed by atoms with Gasteiger partial charge in [0.15, 0.2) is 0 Å². The Morgan fingerprint density at radius 3 is 2.67 bits per heavy atom. The summed E-state index contributed by atoms with van der Waals surface area (Å²) < 4.78 is 6.44. The second-order valence-corrected chi connectivity index (χ2v) is 12.5. The third kappa shape index (κ3) is 6.75. The largest absolute Gasteiger partial charge is 0.459 e. The molecular weight excluding hydrogens is 582 g/mol. The molecule has 1 saturated heterocycles. The minimum absolute atomic E-state index is 0. The number of nitriles is 1. The number of ether oxygens (including phenoxy) is 1. The lowest BCUT2D eigenvalue weighted by Crippen LogP contribution is -2.55. The van der Waals surface area contributed by atoms with Crippen molar-refractivity contribution in [2.75, 3.05) is 49.6 Å². The number of fused-ring (bicyclic) bond motifs is 2. The fraction of sp³-hybridized carbons (Fsp3) is 0.486. The van der Waals surface area contributed by atoms with E-state index in [-0.39, 0.29) is 38.0 Å². The number of anilines is 2. The van der Waals surface area contributed by atoms with Crippen molar-refractivity contribution in [2.24, 2.45) is 0 Å². The van der Waals surface area contributed by atoms with Gasteiger partial charge in [0, 0.05) is 55.4 Å². The Bertz CT molecular complexity index is 1580. The van der Waals surface area contributed by atoms with Gasteiger partial charge in [0.05, 0.1) is 30.8 Å². The van der Waals surface area contributed by atoms with Crippen LogP contribution < -0.4 is 14.5 Å². The van der Waals surface area contributed by atoms with E-state index in [2.05, 4.69) is 84.6 Å². The zero-order valence-corrected chi connectivity index (χ0v) is 27.7. The molecule has 3 aromatic rings. The summed E-state index contributed by atoms with van der Waals surface area (Å²) in [6.07, 6.45) is 6.11. The monoisotopic (exact) mass is 627 g/mol. The van der Waals surface area contributed by atoms with Crippen molar-refractivity contribution in [3.8, 4) is 12.1 Å². The molecule has 3 aliphatic rings. The van der Waals surface area contributed by atoms with Crippen LogP contribution in [0.1, 0.15) is 49.4 Å². The van der Waals surface area contributed by atoms with Gasteiger partial charge in [-0.3, -0.25) is 9.69 Å². The number of amides is 1. The predicted octanol–water partition coefficient (Wildman–Crippen LogP) is 4.98. The summed E-state index contributed by atoms with van der Waals surface area (Å²) in [6.45, 7) is 11.9. The number of benzene rings is 2. The van der Waals surface area contributed by atoms with Crippen molar-refractivity contribution in [3.05, 3.63) is 65.9 Å². The van der Waals surface area contributed by atoms with Crippen LogP contribution >= 0.6 is 13.5 Å². The molecule has 1 amide bonds. The average molecular weight is 628 g/mol. The number of rotatable bonds is 9. The van der Waals surface area contributed by atoms with Crippen LogP contribution in [0.25, 0.3) is 10.8 Å². The molecule has 0 bridgehead atoms. The quantitative estimate of drug-likeness (QED) is 0.307. The van der Waals surface area contributed by atoms with E-state index in [4.69, 9.17) is 14.7 Å². The molecule has 3 heterocycles. The summed E-state index contributed by atoms with van der Waals surface area (Å²) in [7, 11) is 2.17. The van der Waals surface area contributed by atoms with E-state index in [0.717, 1.165) is 36.6 Å². The van der Waals surface area contributed by atoms with E-state index >= 15 is 0 Å². The fourth-order valence-electron chi connectivity index (χ4n) is 7.01. The molecule has 1 saturated carbocycles. The number of carbonyl (C=O) groups excluding carboxylic acids is 1. The fourth-order valence-corrected chi connectivity index (χ4v) is 7.01. The van der Waals surface area contributed by atoms with Crippen molar-refractivity contribution in [3.63, 3.8) is 0 Å². The third-order valence-corrected chi connectivity index (χ3v) is 9.57. The van der Waals surface area contributed by atoms with Gasteiger partial charge in [-0.1, -0.05) is 43.3 Å². The van der Waals surface area contributed by atoms with Gasteiger partial charge in [-0.05, 0) is 63.2 Å². The van der Waals surface area contributed by atoms with Crippen LogP contribution in [-0.2, 0) is 17.8 Å². The molecule has 1 unspecified atom stereocenters. The number of likely N-dealkylation sites (N-methyl/N-ethyl adjacent to an activating group) is 1. The Hall–Kier alpha value is -3.81. The smallest absolute Gasteiger partial charge is 0.318 e. The summed E-state index contributed by atoms with van der Waals surface area (Å²) in [5, 5.41) is 12.1. The van der Waals surface area contributed by atoms with Gasteiger partial charge in [-0.25, -0.2) is 0 Å². The zero-order chi connectivity index (χ0) is 30.8. The van der Waals surface area contributed by atoms with Crippen molar-refractivity contribution in [1.82, 2.24) is 19.8 Å². The van der Waals surface area contributed by atoms with Crippen molar-refractivity contribution in [2.45, 2.75) is 70.7 Å². The van der Waals surface area contributed by atoms with E-state index in [0.29, 0.717) is 38.2 Å². The van der Waals surface area contributed by atoms with Gasteiger partial charge in [-0.2, -0.15) is 28.7 Å². The third-order valence-electron chi connectivity index (χ3n) is 9.57. The Kier molecular flexibility index (Phi) is 10.2. The van der Waals surface area contributed by atoms with E-state index in [1.54, 1.807) is 4.90 Å². The first-order chi connectivity index (χ1) is 21.4. The number of aryl methyl sites for hydroxylation is 1. The van der Waals surface area contributed by atoms with E-state index < -0.39 is 0 Å². The maximum absolute atomic E-state index is 12.6. The van der Waals surface area contributed by atoms with Crippen LogP contribution in [-0.4, -0.2) is 83.6 Å². The second kappa shape index (κ2) is 14.1. The molecule has 238 valence electrons. The number of aromatic nitrogens is 2. The lowest BCUT2D eigenvalue weighted by Gasteiger charge is -2.42. The van der Waals surface area contributed by atoms with E-state index in [1.807, 2.05) is 0 Å². The first kappa shape index (κ1) is 32.6. The first-order valence-corrected chi connectivity index (χ1v) is 15.9. The highest BCUT2D eigenvalue weighted by atomic mass is 32.1. The molecule has 1 aromatic heterocycles. The predicted molar refractivity (Wildman–Crippen MR) is 184 cm³/mol. The zero-order valence-electron chi connectivity index (χ0n) is 26.7. The highest BCUT2D eigenvalue weighted by molar-refractivity contribution is 7.59. The Balaban J connectivity index is 0.00000400. The molecule has 0 radical (unpaired) electrons. The molecule has 9 nitrogen and oxygen atoms in total. The van der Waals surface area contributed by atoms with Crippen LogP contribution in [0.4, 0.5) is 11.5 Å². The molecule has 45 heavy (non-hydrogen) atoms. The molecular formula is C35H45N7O2S. The maximum Gasteiger partial charge on any atom is 0.318 e. The number of piperazine rings is 1. The molecule has 2 atom stereocenters. The van der Waals surface area contributed by atoms with E-state index in [9.17, 15) is 10.1 Å². The highest BCUT2D eigenvalue weighted by Gasteiger charge is 2.34. The Morgan fingerprint density at radius 2 is 1.96 bits per heavy atom. The van der Waals surface area contributed by atoms with Crippen molar-refractivity contribution in [1.29, 1.82) is 5.26 Å². The van der Waals surface area contributed by atoms with Crippen molar-refractivity contribution < 1.29 is 9.53 Å². The minimum atomic E-state index is -0.233. The van der Waals surface area contributed by atoms with Crippen LogP contribution in [0, 0.1) is 18.3 Å². The van der Waals surface area contributed by atoms with Gasteiger partial charge in [-0.15, -0.1) is 0 Å². The average Bonchev–Trinajstić information content (AvgIpc) is 2.99. The van der Waals surface area contributed by atoms with Crippen LogP contribution in [0.15, 0.2) is 49.1 Å². The van der Waals surface area contributed by atoms with Crippen LogP contribution in [0.5, 0.6) is 6.01 Å². The van der Waals surface area contributed by atoms with Gasteiger partial charge in [0.1, 0.15) is 11.9 Å². The second-order valence-electron chi connectivity index (χ2n) is 12.5. The normalized spacial score (nSPS) is 18.9. The molecule has 2 aliphatic heterocycles. The SMILES string of the molecule is C=CC(=O)N1CCN(c2nc(O[C@@H](C)CN(C)C3CCC3)nc3c2CCN(c2cccc4cccc(C)c24)C3)CC1CC#N.S. The molecule has 10 heteroatoms. The van der Waals surface area contributed by atoms with Crippen LogP contribution in [0.3, 0.4) is 0 Å². The summed E-state index contributed by atoms with van der Waals surface area (Å²) in [6, 6.07) is 16.0. The minimum Gasteiger partial charge on any atom is -0.459 e. The first-order valence-electron chi connectivity index (χ1n) is 15.9. The summed E-state index contributed by atoms with van der Waals surface area (Å²) in [5.74, 6) is 0.732. The van der Waals surface area contributed by atoms with Crippen molar-refractivity contribution >= 4 is 41.7 Å². The van der Waals surface area contributed by atoms with Gasteiger partial charge >= 0.3 is 6.01 Å². The molecule has 1 aliphatic carbocycles. The molecule has 6 rings (SSSR count). The number of nitrogens with zero attached hydrogens (tertiary/aromatic N) is 7. The standard InChI is InChI=1S/C35H43N7O2.H2S/c1-5-32(43)42-20-19-41(22-28(42)15-17-36)34-29-16-18-40(31-14-7-11-26-10-6-9-24(2)33(26)31)23-30(29)37-35(38-34)44-25(3)21-39(4)27-12-8-13-27;/h5-7,9-11,14,25,27-28H,1,8,12-13,15-16,18-23H2,2-4H3;1H2/t25-,28?;/m0./s1. The lowest BCUT2D eigenvalue weighted by molar-refractivity contribution is -0.128. The maximum atomic E-state index is 12.6. The van der Waals surface area contributed by atoms with Gasteiger partial charge in [0.2, 0.25) is 5.91 Å². The Labute approximate surface area is 273 Å². The van der Waals surface area contributed by atoms with Crippen LogP contribution in [0.2, 0.25) is 0 Å². The van der Waals surface area contributed by atoms with Gasteiger partial charge < -0.3 is 19.4 Å². The number of hydrogen-bond donors (Lipinski definition) is 0. The summed E-state index contributed by atoms with van der Waals surface area (Å²) >= 11 is 0. The highest BCUT2D eigenvalue weighted by Crippen LogP contribution is 2.36. The number of hydrogen-bond acceptors (Lipinski definition) is 8. The number of carbonyl (C=O) groups is 1. The lowest BCUT2D eigenvalue weighted by atomic mass is 9.92. The molecule has 0 N–H and O–H groups in total. The molecule has 0 spiro atoms. The molecule has 2 fully saturated rings. The Morgan fingerprint density at radius 1 is 1.18 bits per heavy atom. The summed E-state index contributed by atoms with van der Waals surface area (Å²) in [5.41, 5.74) is 4.58. The summed E-state index contributed by atoms with van der Waals surface area (Å²) in [4.78, 5) is 31.4. The van der Waals surface area contributed by atoms with Gasteiger partial charge in [0.25, 0.3) is 0 Å². The topological polar surface area (TPSA) is 88.8 Å². The molecule has 2 aromatic carbocycles.